The van der Waals surface area contributed by atoms with Crippen molar-refractivity contribution in [3.05, 3.63) is 74.7 Å². The molecule has 0 radical (unpaired) electrons. The molecule has 1 aliphatic carbocycles. The Hall–Kier alpha value is -2.66. The minimum Gasteiger partial charge on any atom is -0.245 e. The van der Waals surface area contributed by atoms with E-state index in [1.807, 2.05) is 28.8 Å². The van der Waals surface area contributed by atoms with E-state index in [0.717, 1.165) is 37.1 Å². The van der Waals surface area contributed by atoms with E-state index in [2.05, 4.69) is 39.8 Å². The molecular weight excluding hydrogens is 428 g/mol. The van der Waals surface area contributed by atoms with Crippen LogP contribution in [0.25, 0.3) is 0 Å². The zero-order chi connectivity index (χ0) is 23.3. The lowest BCUT2D eigenvalue weighted by atomic mass is 9.88. The number of rotatable bonds is 4. The molecule has 4 nitrogen and oxygen atoms in total. The van der Waals surface area contributed by atoms with E-state index in [9.17, 15) is 9.59 Å². The number of nitrogens with zero attached hydrogens (tertiary/aromatic N) is 2. The Kier molecular flexibility index (Phi) is 5.77. The number of aryl methyl sites for hydroxylation is 4. The highest BCUT2D eigenvalue weighted by atomic mass is 32.2. The molecule has 0 bridgehead atoms. The minimum atomic E-state index is -0.320. The van der Waals surface area contributed by atoms with Crippen molar-refractivity contribution in [3.8, 4) is 0 Å². The highest BCUT2D eigenvalue weighted by Gasteiger charge is 2.54. The monoisotopic (exact) mass is 459 g/mol. The number of amides is 3. The van der Waals surface area contributed by atoms with Crippen LogP contribution in [-0.2, 0) is 17.8 Å². The molecule has 0 saturated heterocycles. The molecule has 33 heavy (non-hydrogen) atoms. The first kappa shape index (κ1) is 22.1. The Balaban J connectivity index is 1.63. The van der Waals surface area contributed by atoms with E-state index in [4.69, 9.17) is 0 Å². The van der Waals surface area contributed by atoms with Gasteiger partial charge in [-0.15, -0.1) is 4.90 Å². The molecule has 5 heteroatoms. The summed E-state index contributed by atoms with van der Waals surface area (Å²) in [6, 6.07) is 12.0. The summed E-state index contributed by atoms with van der Waals surface area (Å²) in [6.07, 6.45) is 5.17. The second kappa shape index (κ2) is 8.60. The molecule has 0 saturated carbocycles. The number of thioether (sulfide) groups is 1. The van der Waals surface area contributed by atoms with Gasteiger partial charge < -0.3 is 0 Å². The molecule has 2 aromatic rings. The average molecular weight is 460 g/mol. The van der Waals surface area contributed by atoms with Gasteiger partial charge in [-0.2, -0.15) is 9.37 Å². The van der Waals surface area contributed by atoms with E-state index in [1.165, 1.54) is 43.2 Å². The van der Waals surface area contributed by atoms with Crippen molar-refractivity contribution >= 4 is 34.4 Å². The standard InChI is InChI=1S/C28H31N2O2S/c1-5-20-10-12-21(13-11-20)30-26(31)25-22-8-6-7-9-24(22)33-27(25)29(28(30)32)16-23-18(3)14-17(2)15-19(23)4/h10-15,25H,5-9,16H2,1-4H3/q+1. The average Bonchev–Trinajstić information content (AvgIpc) is 3.18. The van der Waals surface area contributed by atoms with Gasteiger partial charge >= 0.3 is 11.9 Å². The second-order valence-corrected chi connectivity index (χ2v) is 10.6. The van der Waals surface area contributed by atoms with Gasteiger partial charge in [0, 0.05) is 0 Å². The molecular formula is C28H31N2O2S+. The number of hydrogen-bond acceptors (Lipinski definition) is 3. The summed E-state index contributed by atoms with van der Waals surface area (Å²) in [5, 5.41) is 0.915. The molecule has 3 amide bonds. The number of allylic oxidation sites excluding steroid dienone is 1. The maximum atomic E-state index is 13.9. The lowest BCUT2D eigenvalue weighted by Crippen LogP contribution is -2.53. The lowest BCUT2D eigenvalue weighted by Gasteiger charge is -2.26. The number of benzene rings is 2. The van der Waals surface area contributed by atoms with Crippen molar-refractivity contribution in [3.63, 3.8) is 0 Å². The van der Waals surface area contributed by atoms with Crippen LogP contribution in [0.2, 0.25) is 0 Å². The summed E-state index contributed by atoms with van der Waals surface area (Å²) in [7, 11) is 0. The fourth-order valence-corrected chi connectivity index (χ4v) is 6.91. The van der Waals surface area contributed by atoms with Crippen LogP contribution in [0.15, 0.2) is 46.9 Å². The fourth-order valence-electron chi connectivity index (χ4n) is 5.44. The van der Waals surface area contributed by atoms with E-state index < -0.39 is 0 Å². The highest BCUT2D eigenvalue weighted by molar-refractivity contribution is 8.17. The molecule has 2 heterocycles. The normalized spacial score (nSPS) is 20.5. The Bertz CT molecular complexity index is 1200. The third-order valence-corrected chi connectivity index (χ3v) is 8.57. The zero-order valence-corrected chi connectivity index (χ0v) is 20.7. The topological polar surface area (TPSA) is 40.4 Å². The first-order valence-electron chi connectivity index (χ1n) is 12.0. The Morgan fingerprint density at radius 2 is 1.67 bits per heavy atom. The van der Waals surface area contributed by atoms with Crippen molar-refractivity contribution in [2.24, 2.45) is 5.92 Å². The molecule has 0 spiro atoms. The van der Waals surface area contributed by atoms with Gasteiger partial charge in [-0.1, -0.05) is 48.5 Å². The number of urea groups is 1. The fraction of sp³-hybridized carbons (Fsp3) is 0.393. The predicted molar refractivity (Wildman–Crippen MR) is 135 cm³/mol. The molecule has 1 unspecified atom stereocenters. The summed E-state index contributed by atoms with van der Waals surface area (Å²) < 4.78 is 1.88. The van der Waals surface area contributed by atoms with Crippen LogP contribution in [-0.4, -0.2) is 21.6 Å². The van der Waals surface area contributed by atoms with Gasteiger partial charge in [0.15, 0.2) is 11.0 Å². The number of imide groups is 1. The van der Waals surface area contributed by atoms with Crippen LogP contribution in [0.3, 0.4) is 0 Å². The maximum Gasteiger partial charge on any atom is 0.506 e. The van der Waals surface area contributed by atoms with Crippen molar-refractivity contribution in [1.82, 2.24) is 0 Å². The minimum absolute atomic E-state index is 0.0905. The van der Waals surface area contributed by atoms with Crippen molar-refractivity contribution in [2.75, 3.05) is 4.90 Å². The van der Waals surface area contributed by atoms with Gasteiger partial charge in [-0.25, -0.2) is 4.79 Å². The van der Waals surface area contributed by atoms with Gasteiger partial charge in [-0.05, 0) is 97.7 Å². The quantitative estimate of drug-likeness (QED) is 0.494. The highest BCUT2D eigenvalue weighted by Crippen LogP contribution is 2.48. The summed E-state index contributed by atoms with van der Waals surface area (Å²) in [6.45, 7) is 8.93. The SMILES string of the molecule is CCc1ccc(N2C(=O)C3C4=C(CCCC4)SC3=[N+](Cc3c(C)cc(C)cc3C)C2=O)cc1. The van der Waals surface area contributed by atoms with Gasteiger partial charge in [0.05, 0.1) is 0 Å². The zero-order valence-electron chi connectivity index (χ0n) is 19.9. The molecule has 0 fully saturated rings. The molecule has 2 aromatic carbocycles. The summed E-state index contributed by atoms with van der Waals surface area (Å²) in [5.41, 5.74) is 7.88. The van der Waals surface area contributed by atoms with Gasteiger partial charge in [0.2, 0.25) is 0 Å². The third-order valence-electron chi connectivity index (χ3n) is 7.20. The van der Waals surface area contributed by atoms with Crippen LogP contribution >= 0.6 is 11.8 Å². The van der Waals surface area contributed by atoms with Crippen molar-refractivity contribution in [1.29, 1.82) is 0 Å². The predicted octanol–water partition coefficient (Wildman–Crippen LogP) is 6.44. The number of carbonyl (C=O) groups is 2. The van der Waals surface area contributed by atoms with Crippen LogP contribution in [0, 0.1) is 26.7 Å². The van der Waals surface area contributed by atoms with Crippen LogP contribution in [0.4, 0.5) is 10.5 Å². The molecule has 0 N–H and O–H groups in total. The van der Waals surface area contributed by atoms with E-state index in [-0.39, 0.29) is 17.9 Å². The summed E-state index contributed by atoms with van der Waals surface area (Å²) in [4.78, 5) is 30.5. The number of carbonyl (C=O) groups excluding carboxylic acids is 2. The van der Waals surface area contributed by atoms with Crippen molar-refractivity contribution < 1.29 is 14.2 Å². The van der Waals surface area contributed by atoms with E-state index in [1.54, 1.807) is 11.8 Å². The van der Waals surface area contributed by atoms with E-state index in [0.29, 0.717) is 12.2 Å². The van der Waals surface area contributed by atoms with Crippen LogP contribution < -0.4 is 4.90 Å². The van der Waals surface area contributed by atoms with Crippen LogP contribution in [0.5, 0.6) is 0 Å². The Morgan fingerprint density at radius 3 is 2.33 bits per heavy atom. The molecule has 5 rings (SSSR count). The molecule has 1 atom stereocenters. The maximum absolute atomic E-state index is 13.9. The number of hydrogen-bond donors (Lipinski definition) is 0. The molecule has 3 aliphatic rings. The van der Waals surface area contributed by atoms with Crippen LogP contribution in [0.1, 0.15) is 60.4 Å². The summed E-state index contributed by atoms with van der Waals surface area (Å²) in [5.74, 6) is -0.410. The van der Waals surface area contributed by atoms with Gasteiger partial charge in [0.1, 0.15) is 12.2 Å². The summed E-state index contributed by atoms with van der Waals surface area (Å²) >= 11 is 1.69. The number of anilines is 1. The third kappa shape index (κ3) is 3.76. The van der Waals surface area contributed by atoms with E-state index >= 15 is 0 Å². The van der Waals surface area contributed by atoms with Crippen molar-refractivity contribution in [2.45, 2.75) is 66.3 Å². The second-order valence-electron chi connectivity index (χ2n) is 9.47. The first-order valence-corrected chi connectivity index (χ1v) is 12.8. The van der Waals surface area contributed by atoms with Gasteiger partial charge in [0.25, 0.3) is 0 Å². The lowest BCUT2D eigenvalue weighted by molar-refractivity contribution is -0.443. The Morgan fingerprint density at radius 1 is 1.00 bits per heavy atom. The smallest absolute Gasteiger partial charge is 0.245 e. The number of fused-ring (bicyclic) bond motifs is 2. The Labute approximate surface area is 200 Å². The first-order chi connectivity index (χ1) is 15.9. The van der Waals surface area contributed by atoms with Gasteiger partial charge in [-0.3, -0.25) is 0 Å². The molecule has 0 aromatic heterocycles. The largest absolute Gasteiger partial charge is 0.506 e. The molecule has 2 aliphatic heterocycles. The molecule has 170 valence electrons.